The van der Waals surface area contributed by atoms with Crippen molar-refractivity contribution in [1.29, 1.82) is 0 Å². The van der Waals surface area contributed by atoms with Gasteiger partial charge in [0, 0.05) is 26.9 Å². The van der Waals surface area contributed by atoms with Gasteiger partial charge in [-0.3, -0.25) is 9.59 Å². The van der Waals surface area contributed by atoms with Crippen LogP contribution >= 0.6 is 55.1 Å². The first-order valence-electron chi connectivity index (χ1n) is 14.9. The van der Waals surface area contributed by atoms with Crippen LogP contribution in [0.1, 0.15) is 63.6 Å². The molecule has 1 aliphatic carbocycles. The number of carbonyl (C=O) groups excluding carboxylic acids is 2. The summed E-state index contributed by atoms with van der Waals surface area (Å²) in [5.41, 5.74) is 2.82. The summed E-state index contributed by atoms with van der Waals surface area (Å²) in [6.07, 6.45) is 5.51. The number of benzene rings is 4. The van der Waals surface area contributed by atoms with Gasteiger partial charge in [-0.25, -0.2) is 9.59 Å². The third-order valence-electron chi connectivity index (χ3n) is 7.10. The van der Waals surface area contributed by atoms with Crippen LogP contribution < -0.4 is 15.4 Å². The van der Waals surface area contributed by atoms with E-state index in [2.05, 4.69) is 42.5 Å². The Labute approximate surface area is 309 Å². The topological polar surface area (TPSA) is 142 Å². The van der Waals surface area contributed by atoms with Gasteiger partial charge in [-0.15, -0.1) is 0 Å². The zero-order valence-corrected chi connectivity index (χ0v) is 30.6. The van der Waals surface area contributed by atoms with Gasteiger partial charge in [-0.2, -0.15) is 0 Å². The number of aromatic carboxylic acids is 2. The monoisotopic (exact) mass is 830 g/mol. The minimum absolute atomic E-state index is 0.0133. The van der Waals surface area contributed by atoms with E-state index < -0.39 is 11.9 Å². The molecule has 1 aliphatic rings. The molecular weight excluding hydrogens is 803 g/mol. The van der Waals surface area contributed by atoms with Crippen molar-refractivity contribution in [3.8, 4) is 5.75 Å². The average Bonchev–Trinajstić information content (AvgIpc) is 3.91. The molecule has 2 amide bonds. The van der Waals surface area contributed by atoms with E-state index in [1.54, 1.807) is 61.5 Å². The van der Waals surface area contributed by atoms with Gasteiger partial charge in [0.05, 0.1) is 27.0 Å². The molecule has 254 valence electrons. The Morgan fingerprint density at radius 2 is 1.51 bits per heavy atom. The van der Waals surface area contributed by atoms with Crippen molar-refractivity contribution in [2.75, 3.05) is 10.6 Å². The normalized spacial score (nSPS) is 12.1. The lowest BCUT2D eigenvalue weighted by atomic mass is 10.1. The van der Waals surface area contributed by atoms with Crippen molar-refractivity contribution in [3.05, 3.63) is 120 Å². The van der Waals surface area contributed by atoms with E-state index >= 15 is 0 Å². The number of amides is 2. The molecule has 0 atom stereocenters. The Bertz CT molecular complexity index is 1930. The van der Waals surface area contributed by atoms with Crippen LogP contribution in [0.3, 0.4) is 0 Å². The molecule has 1 fully saturated rings. The van der Waals surface area contributed by atoms with Crippen LogP contribution in [0.4, 0.5) is 11.4 Å². The van der Waals surface area contributed by atoms with Gasteiger partial charge in [0.25, 0.3) is 0 Å². The fourth-order valence-corrected chi connectivity index (χ4v) is 5.95. The Hall–Kier alpha value is -4.16. The first-order chi connectivity index (χ1) is 23.3. The SMILES string of the molecule is CCC(=O)Nc1ccc(C=Cc2ccc(Cl)cc2Cl)cc1C(=O)O.O=C(O)c1cc(COc2ccc(Br)cc2Br)ccc1NC(=O)C1CC1. The Balaban J connectivity index is 0.000000221. The lowest BCUT2D eigenvalue weighted by Crippen LogP contribution is -2.16. The highest BCUT2D eigenvalue weighted by Crippen LogP contribution is 2.32. The molecule has 0 aromatic heterocycles. The van der Waals surface area contributed by atoms with Crippen molar-refractivity contribution in [2.24, 2.45) is 5.92 Å². The van der Waals surface area contributed by atoms with Crippen LogP contribution in [-0.4, -0.2) is 34.0 Å². The second-order valence-electron chi connectivity index (χ2n) is 10.8. The molecule has 0 heterocycles. The molecule has 0 unspecified atom stereocenters. The van der Waals surface area contributed by atoms with Crippen LogP contribution in [0.2, 0.25) is 10.0 Å². The maximum Gasteiger partial charge on any atom is 0.337 e. The van der Waals surface area contributed by atoms with Crippen LogP contribution in [0.15, 0.2) is 81.7 Å². The molecule has 0 spiro atoms. The zero-order valence-electron chi connectivity index (χ0n) is 25.9. The van der Waals surface area contributed by atoms with Gasteiger partial charge >= 0.3 is 11.9 Å². The second-order valence-corrected chi connectivity index (χ2v) is 13.4. The van der Waals surface area contributed by atoms with Gasteiger partial charge < -0.3 is 25.6 Å². The largest absolute Gasteiger partial charge is 0.488 e. The highest BCUT2D eigenvalue weighted by molar-refractivity contribution is 9.11. The standard InChI is InChI=1S/C18H15Br2NO4.C18H15Cl2NO3/c19-12-4-6-16(14(20)8-12)25-9-10-1-5-15(13(7-10)18(23)24)21-17(22)11-2-3-11;1-2-17(22)21-16-8-4-11(9-14(16)18(23)24)3-5-12-6-7-13(19)10-15(12)20/h1,4-8,11H,2-3,9H2,(H,21,22)(H,23,24);3-10H,2H2,1H3,(H,21,22)(H,23,24). The number of nitrogens with one attached hydrogen (secondary N) is 2. The maximum absolute atomic E-state index is 11.9. The van der Waals surface area contributed by atoms with Gasteiger partial charge in [-0.1, -0.05) is 76.4 Å². The van der Waals surface area contributed by atoms with E-state index in [1.165, 1.54) is 12.1 Å². The number of carboxylic acid groups (broad SMARTS) is 2. The van der Waals surface area contributed by atoms with Crippen molar-refractivity contribution >= 4 is 102 Å². The summed E-state index contributed by atoms with van der Waals surface area (Å²) < 4.78 is 7.46. The molecule has 0 radical (unpaired) electrons. The zero-order chi connectivity index (χ0) is 35.7. The fraction of sp³-hybridized carbons (Fsp3) is 0.167. The van der Waals surface area contributed by atoms with Crippen molar-refractivity contribution in [3.63, 3.8) is 0 Å². The van der Waals surface area contributed by atoms with Gasteiger partial charge in [0.1, 0.15) is 12.4 Å². The number of ether oxygens (including phenoxy) is 1. The molecule has 5 rings (SSSR count). The number of hydrogen-bond donors (Lipinski definition) is 4. The van der Waals surface area contributed by atoms with Crippen LogP contribution in [-0.2, 0) is 16.2 Å². The highest BCUT2D eigenvalue weighted by atomic mass is 79.9. The Morgan fingerprint density at radius 1 is 0.837 bits per heavy atom. The number of hydrogen-bond acceptors (Lipinski definition) is 5. The van der Waals surface area contributed by atoms with E-state index in [1.807, 2.05) is 18.2 Å². The van der Waals surface area contributed by atoms with E-state index in [0.29, 0.717) is 32.6 Å². The summed E-state index contributed by atoms with van der Waals surface area (Å²) in [5, 5.41) is 25.1. The molecule has 4 aromatic rings. The van der Waals surface area contributed by atoms with E-state index in [9.17, 15) is 29.4 Å². The van der Waals surface area contributed by atoms with Crippen molar-refractivity contribution in [2.45, 2.75) is 32.8 Å². The number of halogens is 4. The first kappa shape index (κ1) is 37.7. The molecule has 4 aromatic carbocycles. The van der Waals surface area contributed by atoms with Crippen LogP contribution in [0.25, 0.3) is 12.2 Å². The molecule has 49 heavy (non-hydrogen) atoms. The molecule has 1 saturated carbocycles. The van der Waals surface area contributed by atoms with E-state index in [0.717, 1.165) is 27.4 Å². The van der Waals surface area contributed by atoms with Gasteiger partial charge in [0.2, 0.25) is 11.8 Å². The van der Waals surface area contributed by atoms with Gasteiger partial charge in [0.15, 0.2) is 0 Å². The lowest BCUT2D eigenvalue weighted by molar-refractivity contribution is -0.117. The molecular formula is C36H30Br2Cl2N2O7. The summed E-state index contributed by atoms with van der Waals surface area (Å²) in [7, 11) is 0. The molecule has 0 saturated heterocycles. The molecule has 0 aliphatic heterocycles. The highest BCUT2D eigenvalue weighted by Gasteiger charge is 2.30. The number of carboxylic acids is 2. The first-order valence-corrected chi connectivity index (χ1v) is 17.2. The number of anilines is 2. The predicted octanol–water partition coefficient (Wildman–Crippen LogP) is 10.0. The quantitative estimate of drug-likeness (QED) is 0.110. The van der Waals surface area contributed by atoms with E-state index in [-0.39, 0.29) is 47.6 Å². The third-order valence-corrected chi connectivity index (χ3v) is 8.77. The van der Waals surface area contributed by atoms with Gasteiger partial charge in [-0.05, 0) is 100 Å². The lowest BCUT2D eigenvalue weighted by Gasteiger charge is -2.12. The minimum atomic E-state index is -1.11. The minimum Gasteiger partial charge on any atom is -0.488 e. The molecule has 4 N–H and O–H groups in total. The van der Waals surface area contributed by atoms with Crippen LogP contribution in [0.5, 0.6) is 5.75 Å². The summed E-state index contributed by atoms with van der Waals surface area (Å²) in [4.78, 5) is 46.2. The molecule has 0 bridgehead atoms. The number of carbonyl (C=O) groups is 4. The summed E-state index contributed by atoms with van der Waals surface area (Å²) >= 11 is 18.7. The average molecular weight is 833 g/mol. The number of rotatable bonds is 11. The smallest absolute Gasteiger partial charge is 0.337 e. The summed E-state index contributed by atoms with van der Waals surface area (Å²) in [5.74, 6) is -1.89. The fourth-order valence-electron chi connectivity index (χ4n) is 4.31. The molecule has 9 nitrogen and oxygen atoms in total. The van der Waals surface area contributed by atoms with Crippen molar-refractivity contribution in [1.82, 2.24) is 0 Å². The van der Waals surface area contributed by atoms with E-state index in [4.69, 9.17) is 27.9 Å². The van der Waals surface area contributed by atoms with Crippen molar-refractivity contribution < 1.29 is 34.1 Å². The molecule has 13 heteroatoms. The maximum atomic E-state index is 11.9. The summed E-state index contributed by atoms with van der Waals surface area (Å²) in [6, 6.07) is 20.3. The summed E-state index contributed by atoms with van der Waals surface area (Å²) in [6.45, 7) is 1.92. The Kier molecular flexibility index (Phi) is 13.4. The Morgan fingerprint density at radius 3 is 2.14 bits per heavy atom. The van der Waals surface area contributed by atoms with Crippen LogP contribution in [0, 0.1) is 5.92 Å². The predicted molar refractivity (Wildman–Crippen MR) is 199 cm³/mol. The third kappa shape index (κ3) is 11.2. The second kappa shape index (κ2) is 17.5.